The molecule has 1 amide bonds. The Balaban J connectivity index is 1.57. The summed E-state index contributed by atoms with van der Waals surface area (Å²) in [7, 11) is 1.54. The maximum absolute atomic E-state index is 13.0. The number of ether oxygens (including phenoxy) is 2. The Morgan fingerprint density at radius 2 is 1.88 bits per heavy atom. The highest BCUT2D eigenvalue weighted by atomic mass is 16.5. The Morgan fingerprint density at radius 3 is 2.59 bits per heavy atom. The predicted molar refractivity (Wildman–Crippen MR) is 122 cm³/mol. The number of nitrogens with one attached hydrogen (secondary N) is 1. The van der Waals surface area contributed by atoms with Gasteiger partial charge in [0.05, 0.1) is 25.1 Å². The molecule has 0 saturated heterocycles. The van der Waals surface area contributed by atoms with Crippen LogP contribution in [-0.4, -0.2) is 33.8 Å². The lowest BCUT2D eigenvalue weighted by atomic mass is 10.1. The first-order valence-corrected chi connectivity index (χ1v) is 10.2. The van der Waals surface area contributed by atoms with Crippen LogP contribution in [0.1, 0.15) is 12.5 Å². The Hall–Kier alpha value is -4.07. The Bertz CT molecular complexity index is 1320. The first-order chi connectivity index (χ1) is 15.5. The lowest BCUT2D eigenvalue weighted by Crippen LogP contribution is -2.28. The number of carbonyl (C=O) groups is 1. The van der Waals surface area contributed by atoms with Crippen molar-refractivity contribution in [3.63, 3.8) is 0 Å². The van der Waals surface area contributed by atoms with E-state index in [1.54, 1.807) is 31.6 Å². The largest absolute Gasteiger partial charge is 0.495 e. The van der Waals surface area contributed by atoms with Crippen molar-refractivity contribution in [3.8, 4) is 22.8 Å². The van der Waals surface area contributed by atoms with Crippen LogP contribution in [0.15, 0.2) is 65.7 Å². The number of methoxy groups -OCH3 is 1. The lowest BCUT2D eigenvalue weighted by molar-refractivity contribution is -0.116. The van der Waals surface area contributed by atoms with Crippen LogP contribution in [-0.2, 0) is 11.3 Å². The van der Waals surface area contributed by atoms with Crippen molar-refractivity contribution in [2.75, 3.05) is 19.0 Å². The standard InChI is InChI=1S/C24H24N4O4/c1-4-32-18-8-6-17(7-9-18)19-14-21-24(30)27(11-12-28(21)26-19)15-23(29)25-20-13-16(2)5-10-22(20)31-3/h5-14H,4,15H2,1-3H3,(H,25,29). The van der Waals surface area contributed by atoms with Gasteiger partial charge in [-0.2, -0.15) is 5.10 Å². The molecule has 32 heavy (non-hydrogen) atoms. The molecule has 0 atom stereocenters. The minimum absolute atomic E-state index is 0.129. The average molecular weight is 432 g/mol. The summed E-state index contributed by atoms with van der Waals surface area (Å²) in [6.07, 6.45) is 3.21. The van der Waals surface area contributed by atoms with E-state index in [0.717, 1.165) is 16.9 Å². The van der Waals surface area contributed by atoms with Crippen LogP contribution in [0.25, 0.3) is 16.8 Å². The quantitative estimate of drug-likeness (QED) is 0.483. The van der Waals surface area contributed by atoms with Gasteiger partial charge in [0.15, 0.2) is 0 Å². The van der Waals surface area contributed by atoms with Crippen LogP contribution in [0.3, 0.4) is 0 Å². The van der Waals surface area contributed by atoms with Crippen LogP contribution in [0.5, 0.6) is 11.5 Å². The number of aryl methyl sites for hydroxylation is 1. The molecule has 0 bridgehead atoms. The number of hydrogen-bond donors (Lipinski definition) is 1. The van der Waals surface area contributed by atoms with E-state index in [-0.39, 0.29) is 18.0 Å². The third kappa shape index (κ3) is 4.34. The summed E-state index contributed by atoms with van der Waals surface area (Å²) >= 11 is 0. The normalized spacial score (nSPS) is 10.8. The van der Waals surface area contributed by atoms with Crippen molar-refractivity contribution >= 4 is 17.1 Å². The Labute approximate surface area is 185 Å². The fraction of sp³-hybridized carbons (Fsp3) is 0.208. The molecule has 0 unspecified atom stereocenters. The topological polar surface area (TPSA) is 86.9 Å². The van der Waals surface area contributed by atoms with Crippen LogP contribution >= 0.6 is 0 Å². The highest BCUT2D eigenvalue weighted by Gasteiger charge is 2.13. The highest BCUT2D eigenvalue weighted by molar-refractivity contribution is 5.92. The van der Waals surface area contributed by atoms with E-state index in [0.29, 0.717) is 29.3 Å². The molecule has 0 aliphatic rings. The molecular formula is C24H24N4O4. The molecule has 8 nitrogen and oxygen atoms in total. The highest BCUT2D eigenvalue weighted by Crippen LogP contribution is 2.25. The summed E-state index contributed by atoms with van der Waals surface area (Å²) < 4.78 is 13.6. The van der Waals surface area contributed by atoms with Gasteiger partial charge in [-0.3, -0.25) is 9.59 Å². The summed E-state index contributed by atoms with van der Waals surface area (Å²) in [6.45, 7) is 4.32. The molecule has 8 heteroatoms. The first-order valence-electron chi connectivity index (χ1n) is 10.2. The van der Waals surface area contributed by atoms with Gasteiger partial charge >= 0.3 is 0 Å². The van der Waals surface area contributed by atoms with Gasteiger partial charge in [-0.15, -0.1) is 0 Å². The molecule has 0 aliphatic carbocycles. The molecule has 164 valence electrons. The van der Waals surface area contributed by atoms with Crippen LogP contribution < -0.4 is 20.3 Å². The number of hydrogen-bond acceptors (Lipinski definition) is 5. The van der Waals surface area contributed by atoms with Crippen molar-refractivity contribution in [1.82, 2.24) is 14.2 Å². The van der Waals surface area contributed by atoms with E-state index in [1.165, 1.54) is 9.08 Å². The average Bonchev–Trinajstić information content (AvgIpc) is 3.22. The van der Waals surface area contributed by atoms with Gasteiger partial charge in [-0.1, -0.05) is 6.07 Å². The SMILES string of the molecule is CCOc1ccc(-c2cc3c(=O)n(CC(=O)Nc4cc(C)ccc4OC)ccn3n2)cc1. The molecule has 0 fully saturated rings. The van der Waals surface area contributed by atoms with Gasteiger partial charge in [-0.05, 0) is 61.9 Å². The number of nitrogens with zero attached hydrogens (tertiary/aromatic N) is 3. The minimum Gasteiger partial charge on any atom is -0.495 e. The van der Waals surface area contributed by atoms with Gasteiger partial charge in [0.1, 0.15) is 23.6 Å². The second-order valence-electron chi connectivity index (χ2n) is 7.30. The predicted octanol–water partition coefficient (Wildman–Crippen LogP) is 3.52. The summed E-state index contributed by atoms with van der Waals surface area (Å²) in [6, 6.07) is 14.8. The molecule has 0 aliphatic heterocycles. The molecule has 4 aromatic rings. The van der Waals surface area contributed by atoms with Crippen molar-refractivity contribution in [3.05, 3.63) is 76.8 Å². The molecule has 1 N–H and O–H groups in total. The maximum atomic E-state index is 13.0. The number of amides is 1. The number of benzene rings is 2. The van der Waals surface area contributed by atoms with E-state index in [4.69, 9.17) is 9.47 Å². The zero-order valence-corrected chi connectivity index (χ0v) is 18.2. The van der Waals surface area contributed by atoms with Crippen molar-refractivity contribution in [2.45, 2.75) is 20.4 Å². The van der Waals surface area contributed by atoms with Gasteiger partial charge in [0.2, 0.25) is 5.91 Å². The Kier molecular flexibility index (Phi) is 5.93. The van der Waals surface area contributed by atoms with E-state index < -0.39 is 0 Å². The minimum atomic E-state index is -0.327. The van der Waals surface area contributed by atoms with E-state index in [2.05, 4.69) is 10.4 Å². The van der Waals surface area contributed by atoms with Crippen molar-refractivity contribution in [1.29, 1.82) is 0 Å². The molecular weight excluding hydrogens is 408 g/mol. The smallest absolute Gasteiger partial charge is 0.277 e. The third-order valence-corrected chi connectivity index (χ3v) is 5.01. The summed E-state index contributed by atoms with van der Waals surface area (Å²) in [5, 5.41) is 7.30. The second kappa shape index (κ2) is 8.97. The summed E-state index contributed by atoms with van der Waals surface area (Å²) in [4.78, 5) is 25.6. The van der Waals surface area contributed by atoms with Gasteiger partial charge in [0, 0.05) is 18.0 Å². The molecule has 2 aromatic heterocycles. The van der Waals surface area contributed by atoms with Crippen LogP contribution in [0.2, 0.25) is 0 Å². The molecule has 0 radical (unpaired) electrons. The number of rotatable bonds is 7. The zero-order chi connectivity index (χ0) is 22.7. The van der Waals surface area contributed by atoms with Gasteiger partial charge < -0.3 is 19.4 Å². The monoisotopic (exact) mass is 432 g/mol. The fourth-order valence-electron chi connectivity index (χ4n) is 3.44. The maximum Gasteiger partial charge on any atom is 0.277 e. The van der Waals surface area contributed by atoms with E-state index in [9.17, 15) is 9.59 Å². The van der Waals surface area contributed by atoms with Gasteiger partial charge in [-0.25, -0.2) is 4.52 Å². The molecule has 0 spiro atoms. The number of carbonyl (C=O) groups excluding carboxylic acids is 1. The molecule has 2 aromatic carbocycles. The van der Waals surface area contributed by atoms with Crippen LogP contribution in [0, 0.1) is 6.92 Å². The van der Waals surface area contributed by atoms with Crippen LogP contribution in [0.4, 0.5) is 5.69 Å². The lowest BCUT2D eigenvalue weighted by Gasteiger charge is -2.12. The number of anilines is 1. The Morgan fingerprint density at radius 1 is 1.09 bits per heavy atom. The van der Waals surface area contributed by atoms with E-state index >= 15 is 0 Å². The number of fused-ring (bicyclic) bond motifs is 1. The molecule has 2 heterocycles. The summed E-state index contributed by atoms with van der Waals surface area (Å²) in [5.74, 6) is 1.01. The first kappa shape index (κ1) is 21.2. The van der Waals surface area contributed by atoms with Crippen molar-refractivity contribution in [2.24, 2.45) is 0 Å². The summed E-state index contributed by atoms with van der Waals surface area (Å²) in [5.41, 5.74) is 3.17. The molecule has 0 saturated carbocycles. The fourth-order valence-corrected chi connectivity index (χ4v) is 3.44. The zero-order valence-electron chi connectivity index (χ0n) is 18.2. The second-order valence-corrected chi connectivity index (χ2v) is 7.30. The van der Waals surface area contributed by atoms with Gasteiger partial charge in [0.25, 0.3) is 5.56 Å². The van der Waals surface area contributed by atoms with E-state index in [1.807, 2.05) is 50.2 Å². The molecule has 4 rings (SSSR count). The third-order valence-electron chi connectivity index (χ3n) is 5.01. The number of aromatic nitrogens is 3. The van der Waals surface area contributed by atoms with Crippen molar-refractivity contribution < 1.29 is 14.3 Å².